The van der Waals surface area contributed by atoms with Gasteiger partial charge in [0.1, 0.15) is 11.7 Å². The molecule has 0 bridgehead atoms. The number of nitriles is 1. The van der Waals surface area contributed by atoms with Gasteiger partial charge < -0.3 is 20.4 Å². The van der Waals surface area contributed by atoms with Gasteiger partial charge in [0.2, 0.25) is 11.8 Å². The van der Waals surface area contributed by atoms with Crippen LogP contribution in [0.15, 0.2) is 12.1 Å². The maximum atomic E-state index is 15.1. The molecule has 1 aromatic heterocycles. The van der Waals surface area contributed by atoms with E-state index >= 15 is 4.39 Å². The highest BCUT2D eigenvalue weighted by Gasteiger charge is 2.31. The van der Waals surface area contributed by atoms with Gasteiger partial charge in [0.25, 0.3) is 0 Å². The third kappa shape index (κ3) is 5.35. The van der Waals surface area contributed by atoms with Crippen molar-refractivity contribution in [2.24, 2.45) is 17.8 Å². The molecule has 2 heterocycles. The second-order valence-corrected chi connectivity index (χ2v) is 8.97. The van der Waals surface area contributed by atoms with Crippen molar-refractivity contribution in [3.63, 3.8) is 0 Å². The molecule has 0 unspecified atom stereocenters. The van der Waals surface area contributed by atoms with Crippen molar-refractivity contribution in [3.05, 3.63) is 29.5 Å². The molecule has 10 heteroatoms. The lowest BCUT2D eigenvalue weighted by molar-refractivity contribution is -0.127. The van der Waals surface area contributed by atoms with Gasteiger partial charge in [-0.3, -0.25) is 14.4 Å². The van der Waals surface area contributed by atoms with Crippen LogP contribution in [0, 0.1) is 40.7 Å². The number of nitrogens with one attached hydrogen (secondary N) is 3. The van der Waals surface area contributed by atoms with Gasteiger partial charge in [0.15, 0.2) is 23.2 Å². The first-order valence-electron chi connectivity index (χ1n) is 11.2. The largest absolute Gasteiger partial charge is 0.493 e. The Kier molecular flexibility index (Phi) is 7.87. The zero-order chi connectivity index (χ0) is 25.0. The first kappa shape index (κ1) is 25.1. The molecule has 1 aliphatic rings. The Balaban J connectivity index is 1.78. The number of halogens is 2. The second-order valence-electron chi connectivity index (χ2n) is 8.97. The number of benzene rings is 1. The fourth-order valence-corrected chi connectivity index (χ4v) is 4.35. The molecule has 8 nitrogen and oxygen atoms in total. The van der Waals surface area contributed by atoms with Crippen LogP contribution in [0.25, 0.3) is 10.9 Å². The van der Waals surface area contributed by atoms with Gasteiger partial charge in [-0.05, 0) is 37.3 Å². The minimum atomic E-state index is -0.942. The predicted molar refractivity (Wildman–Crippen MR) is 120 cm³/mol. The SMILES string of the molecule is COc1c(F)ccc2[nH]c(C(=O)C[C@@H](CC(C)C)C(=O)N[C@H](C#N)C[C@@H]3CCNC3=O)c(F)c12. The maximum Gasteiger partial charge on any atom is 0.224 e. The molecular weight excluding hydrogens is 446 g/mol. The first-order chi connectivity index (χ1) is 16.2. The van der Waals surface area contributed by atoms with E-state index in [4.69, 9.17) is 4.74 Å². The van der Waals surface area contributed by atoms with Gasteiger partial charge in [0.05, 0.1) is 24.1 Å². The molecule has 3 rings (SSSR count). The number of H-pyrrole nitrogens is 1. The normalized spacial score (nSPS) is 17.3. The minimum Gasteiger partial charge on any atom is -0.493 e. The van der Waals surface area contributed by atoms with E-state index in [0.29, 0.717) is 19.4 Å². The Labute approximate surface area is 196 Å². The number of fused-ring (bicyclic) bond motifs is 1. The zero-order valence-corrected chi connectivity index (χ0v) is 19.3. The number of ether oxygens (including phenoxy) is 1. The summed E-state index contributed by atoms with van der Waals surface area (Å²) >= 11 is 0. The van der Waals surface area contributed by atoms with Gasteiger partial charge in [-0.1, -0.05) is 13.8 Å². The van der Waals surface area contributed by atoms with E-state index in [1.165, 1.54) is 13.2 Å². The molecule has 2 aromatic rings. The van der Waals surface area contributed by atoms with Gasteiger partial charge >= 0.3 is 0 Å². The van der Waals surface area contributed by atoms with E-state index in [-0.39, 0.29) is 52.9 Å². The summed E-state index contributed by atoms with van der Waals surface area (Å²) in [5.41, 5.74) is -0.164. The highest BCUT2D eigenvalue weighted by Crippen LogP contribution is 2.33. The highest BCUT2D eigenvalue weighted by molar-refractivity contribution is 6.03. The first-order valence-corrected chi connectivity index (χ1v) is 11.2. The number of aromatic amines is 1. The van der Waals surface area contributed by atoms with Gasteiger partial charge in [-0.2, -0.15) is 5.26 Å². The highest BCUT2D eigenvalue weighted by atomic mass is 19.1. The molecule has 1 saturated heterocycles. The summed E-state index contributed by atoms with van der Waals surface area (Å²) in [5.74, 6) is -4.45. The van der Waals surface area contributed by atoms with Gasteiger partial charge in [-0.15, -0.1) is 0 Å². The number of rotatable bonds is 10. The number of amides is 2. The molecule has 182 valence electrons. The number of nitrogens with zero attached hydrogens (tertiary/aromatic N) is 1. The summed E-state index contributed by atoms with van der Waals surface area (Å²) in [4.78, 5) is 40.5. The molecule has 1 aromatic carbocycles. The molecule has 1 aliphatic heterocycles. The number of ketones is 1. The number of hydrogen-bond acceptors (Lipinski definition) is 5. The zero-order valence-electron chi connectivity index (χ0n) is 19.3. The quantitative estimate of drug-likeness (QED) is 0.456. The van der Waals surface area contributed by atoms with Gasteiger partial charge in [-0.25, -0.2) is 8.78 Å². The third-order valence-corrected chi connectivity index (χ3v) is 6.01. The van der Waals surface area contributed by atoms with Crippen LogP contribution in [-0.4, -0.2) is 42.3 Å². The molecule has 3 atom stereocenters. The van der Waals surface area contributed by atoms with Crippen LogP contribution in [0.1, 0.15) is 50.0 Å². The molecule has 3 N–H and O–H groups in total. The molecule has 34 heavy (non-hydrogen) atoms. The van der Waals surface area contributed by atoms with Gasteiger partial charge in [0, 0.05) is 24.8 Å². The Morgan fingerprint density at radius 1 is 1.32 bits per heavy atom. The lowest BCUT2D eigenvalue weighted by Crippen LogP contribution is -2.41. The van der Waals surface area contributed by atoms with Crippen molar-refractivity contribution >= 4 is 28.5 Å². The molecule has 0 aliphatic carbocycles. The number of Topliss-reactive ketones (excluding diaryl/α,β-unsaturated/α-hetero) is 1. The topological polar surface area (TPSA) is 124 Å². The molecule has 1 fully saturated rings. The molecule has 0 radical (unpaired) electrons. The van der Waals surface area contributed by atoms with Crippen LogP contribution < -0.4 is 15.4 Å². The Hall–Kier alpha value is -3.48. The molecule has 0 saturated carbocycles. The van der Waals surface area contributed by atoms with Crippen molar-refractivity contribution in [3.8, 4) is 11.8 Å². The van der Waals surface area contributed by atoms with Crippen molar-refractivity contribution in [1.29, 1.82) is 5.26 Å². The molecular formula is C24H28F2N4O4. The van der Waals surface area contributed by atoms with Crippen LogP contribution >= 0.6 is 0 Å². The number of carbonyl (C=O) groups excluding carboxylic acids is 3. The lowest BCUT2D eigenvalue weighted by Gasteiger charge is -2.21. The molecule has 2 amide bonds. The van der Waals surface area contributed by atoms with Crippen molar-refractivity contribution in [2.75, 3.05) is 13.7 Å². The maximum absolute atomic E-state index is 15.1. The Morgan fingerprint density at radius 2 is 2.06 bits per heavy atom. The number of carbonyl (C=O) groups is 3. The Bertz CT molecular complexity index is 1140. The van der Waals surface area contributed by atoms with E-state index in [1.807, 2.05) is 19.9 Å². The summed E-state index contributed by atoms with van der Waals surface area (Å²) in [6.45, 7) is 4.30. The van der Waals surface area contributed by atoms with Crippen molar-refractivity contribution in [2.45, 2.75) is 45.6 Å². The molecule has 0 spiro atoms. The predicted octanol–water partition coefficient (Wildman–Crippen LogP) is 3.22. The summed E-state index contributed by atoms with van der Waals surface area (Å²) < 4.78 is 34.0. The number of methoxy groups -OCH3 is 1. The van der Waals surface area contributed by atoms with Crippen LogP contribution in [0.5, 0.6) is 5.75 Å². The fourth-order valence-electron chi connectivity index (χ4n) is 4.35. The summed E-state index contributed by atoms with van der Waals surface area (Å²) in [5, 5.41) is 14.6. The third-order valence-electron chi connectivity index (χ3n) is 6.01. The van der Waals surface area contributed by atoms with E-state index in [2.05, 4.69) is 15.6 Å². The van der Waals surface area contributed by atoms with Crippen molar-refractivity contribution in [1.82, 2.24) is 15.6 Å². The summed E-state index contributed by atoms with van der Waals surface area (Å²) in [6, 6.07) is 3.53. The monoisotopic (exact) mass is 474 g/mol. The number of hydrogen-bond donors (Lipinski definition) is 3. The Morgan fingerprint density at radius 3 is 2.65 bits per heavy atom. The minimum absolute atomic E-state index is 0.0476. The smallest absolute Gasteiger partial charge is 0.224 e. The van der Waals surface area contributed by atoms with Crippen LogP contribution in [-0.2, 0) is 9.59 Å². The standard InChI is InChI=1S/C24H28F2N4O4/c1-12(2)8-14(24(33)29-15(11-27)9-13-6-7-28-23(13)32)10-18(31)21-20(26)19-17(30-21)5-4-16(25)22(19)34-3/h4-5,12-15,30H,6-10H2,1-3H3,(H,28,32)(H,29,33)/t13-,14+,15-/m0/s1. The number of aromatic nitrogens is 1. The summed E-state index contributed by atoms with van der Waals surface area (Å²) in [6.07, 6.45) is 0.795. The van der Waals surface area contributed by atoms with Crippen LogP contribution in [0.3, 0.4) is 0 Å². The van der Waals surface area contributed by atoms with E-state index in [0.717, 1.165) is 6.07 Å². The van der Waals surface area contributed by atoms with Crippen LogP contribution in [0.2, 0.25) is 0 Å². The van der Waals surface area contributed by atoms with E-state index in [9.17, 15) is 24.0 Å². The average Bonchev–Trinajstić information content (AvgIpc) is 3.35. The average molecular weight is 475 g/mol. The van der Waals surface area contributed by atoms with E-state index in [1.54, 1.807) is 0 Å². The summed E-state index contributed by atoms with van der Waals surface area (Å²) in [7, 11) is 1.20. The van der Waals surface area contributed by atoms with Crippen LogP contribution in [0.4, 0.5) is 8.78 Å². The van der Waals surface area contributed by atoms with Crippen molar-refractivity contribution < 1.29 is 27.9 Å². The fraction of sp³-hybridized carbons (Fsp3) is 0.500. The second kappa shape index (κ2) is 10.6. The van der Waals surface area contributed by atoms with E-state index < -0.39 is 35.3 Å². The lowest BCUT2D eigenvalue weighted by atomic mass is 9.90.